The van der Waals surface area contributed by atoms with E-state index in [1.165, 1.54) is 22.9 Å². The maximum atomic E-state index is 13.1. The van der Waals surface area contributed by atoms with Gasteiger partial charge in [0.1, 0.15) is 36.7 Å². The second-order valence-corrected chi connectivity index (χ2v) is 48.6. The Hall–Kier alpha value is -12.0. The molecule has 4 N–H and O–H groups in total. The van der Waals surface area contributed by atoms with Crippen LogP contribution in [0.2, 0.25) is 51.4 Å². The summed E-state index contributed by atoms with van der Waals surface area (Å²) < 4.78 is 40.3. The first-order valence-corrected chi connectivity index (χ1v) is 52.8. The van der Waals surface area contributed by atoms with Crippen molar-refractivity contribution in [2.75, 3.05) is 69.5 Å². The molecule has 26 nitrogen and oxygen atoms in total. The van der Waals surface area contributed by atoms with Crippen LogP contribution >= 0.6 is 0 Å². The summed E-state index contributed by atoms with van der Waals surface area (Å²) in [6.45, 7) is 38.5. The predicted octanol–water partition coefficient (Wildman–Crippen LogP) is 21.1. The third kappa shape index (κ3) is 21.8. The van der Waals surface area contributed by atoms with Crippen molar-refractivity contribution in [1.29, 1.82) is 0 Å². The van der Waals surface area contributed by atoms with Gasteiger partial charge in [-0.15, -0.1) is 0 Å². The van der Waals surface area contributed by atoms with Crippen LogP contribution in [-0.4, -0.2) is 157 Å². The molecule has 0 spiro atoms. The SMILES string of the molecule is C=C(OCC)c1c(C2CCC(C)(C(=O)OCC)CC2)nc2c(-c3ccc(-c4ccccc4)nc3)cnn2c1N(COCC[Si](C)(C)C)COCC[Si](C)(C)C.CCOC(=O)C1(C)CCC(c2nc3c(-c4ccc(-c5ccccc5)nc4)cnn3c(N)c2C(C)=O)CC1.CCOC(=O)C1(C)CCC(c2nc3c(-c4ccc(-c5ccccc5)nc4)cnn3c(N)c2C(C)=O)CC1. The number of hydrogen-bond donors (Lipinski definition) is 2. The highest BCUT2D eigenvalue weighted by Crippen LogP contribution is 2.50. The lowest BCUT2D eigenvalue weighted by Crippen LogP contribution is -2.36. The van der Waals surface area contributed by atoms with Crippen LogP contribution in [0.4, 0.5) is 17.5 Å². The van der Waals surface area contributed by atoms with Crippen LogP contribution in [0.15, 0.2) is 171 Å². The van der Waals surface area contributed by atoms with Crippen LogP contribution in [0.5, 0.6) is 0 Å². The van der Waals surface area contributed by atoms with Gasteiger partial charge in [0.15, 0.2) is 28.5 Å². The van der Waals surface area contributed by atoms with Gasteiger partial charge in [-0.05, 0) is 170 Å². The van der Waals surface area contributed by atoms with E-state index in [9.17, 15) is 24.0 Å². The number of hydrogen-bond acceptors (Lipinski definition) is 23. The van der Waals surface area contributed by atoms with Gasteiger partial charge in [-0.1, -0.05) is 155 Å². The van der Waals surface area contributed by atoms with Crippen molar-refractivity contribution in [1.82, 2.24) is 58.7 Å². The Morgan fingerprint density at radius 2 is 0.705 bits per heavy atom. The fourth-order valence-corrected chi connectivity index (χ4v) is 19.0. The quantitative estimate of drug-likeness (QED) is 0.00775. The highest BCUT2D eigenvalue weighted by molar-refractivity contribution is 6.76. The largest absolute Gasteiger partial charge is 0.494 e. The van der Waals surface area contributed by atoms with Gasteiger partial charge in [-0.2, -0.15) is 28.8 Å². The number of fused-ring (bicyclic) bond motifs is 3. The van der Waals surface area contributed by atoms with Gasteiger partial charge in [0.05, 0.1) is 112 Å². The Labute approximate surface area is 758 Å². The summed E-state index contributed by atoms with van der Waals surface area (Å²) in [6.07, 6.45) is 19.3. The molecule has 3 aliphatic rings. The summed E-state index contributed by atoms with van der Waals surface area (Å²) in [5.41, 5.74) is 28.1. The minimum Gasteiger partial charge on any atom is -0.494 e. The van der Waals surface area contributed by atoms with E-state index in [2.05, 4.69) is 89.1 Å². The monoisotopic (exact) mass is 1780 g/mol. The van der Waals surface area contributed by atoms with Crippen molar-refractivity contribution in [2.45, 2.75) is 208 Å². The van der Waals surface area contributed by atoms with Crippen LogP contribution in [0.1, 0.15) is 200 Å². The van der Waals surface area contributed by atoms with Crippen molar-refractivity contribution in [3.05, 3.63) is 205 Å². The number of aromatic nitrogens is 12. The molecule has 0 unspecified atom stereocenters. The van der Waals surface area contributed by atoms with Crippen LogP contribution in [0, 0.1) is 16.2 Å². The summed E-state index contributed by atoms with van der Waals surface area (Å²) in [6, 6.07) is 44.3. The molecule has 3 saturated carbocycles. The lowest BCUT2D eigenvalue weighted by molar-refractivity contribution is -0.157. The van der Waals surface area contributed by atoms with Crippen molar-refractivity contribution >= 4 is 85.8 Å². The van der Waals surface area contributed by atoms with Crippen molar-refractivity contribution in [3.63, 3.8) is 0 Å². The maximum absolute atomic E-state index is 13.1. The molecule has 0 aliphatic heterocycles. The standard InChI is InChI=1S/C43H63N5O5Si2.2C29H31N5O3/c1-11-52-32(3)38-39(34-20-22-43(4,23-21-34)42(49)53-12-2)46-40-36(35-18-19-37(44-28-35)33-16-14-13-15-17-33)29-45-48(40)41(38)47(30-50-24-26-54(5,6)7)31-51-25-27-55(8,9)10;2*1-4-37-28(36)29(3)14-12-20(13-15-29)25-24(18(2)35)26(30)34-27(33-25)22(17-32-34)21-10-11-23(31-16-21)19-8-6-5-7-9-19/h13-19,28-29,34H,3,11-12,20-27,30-31H2,1-2,4-10H3;2*5-11,16-17,20H,4,12-15,30H2,1-3H3. The Kier molecular flexibility index (Phi) is 30.2. The highest BCUT2D eigenvalue weighted by Gasteiger charge is 2.45. The van der Waals surface area contributed by atoms with Gasteiger partial charge >= 0.3 is 17.9 Å². The average Bonchev–Trinajstić information content (AvgIpc) is 1.65. The number of ether oxygens (including phenoxy) is 6. The Balaban J connectivity index is 0.000000170. The van der Waals surface area contributed by atoms with E-state index in [4.69, 9.17) is 64.9 Å². The number of nitrogen functional groups attached to an aromatic ring is 2. The molecule has 9 heterocycles. The molecule has 12 aromatic rings. The van der Waals surface area contributed by atoms with Crippen molar-refractivity contribution in [2.24, 2.45) is 16.2 Å². The second kappa shape index (κ2) is 41.2. The second-order valence-electron chi connectivity index (χ2n) is 37.4. The van der Waals surface area contributed by atoms with E-state index in [0.29, 0.717) is 137 Å². The van der Waals surface area contributed by atoms with Crippen molar-refractivity contribution in [3.8, 4) is 67.2 Å². The molecule has 0 amide bonds. The van der Waals surface area contributed by atoms with Crippen LogP contribution < -0.4 is 16.4 Å². The zero-order valence-electron chi connectivity index (χ0n) is 77.5. The van der Waals surface area contributed by atoms with E-state index >= 15 is 0 Å². The molecule has 3 aliphatic carbocycles. The molecule has 3 fully saturated rings. The minimum absolute atomic E-state index is 0.00929. The summed E-state index contributed by atoms with van der Waals surface area (Å²) in [5, 5.41) is 13.9. The van der Waals surface area contributed by atoms with E-state index in [1.54, 1.807) is 24.8 Å². The fraction of sp³-hybridized carbons (Fsp3) is 0.426. The molecule has 0 atom stereocenters. The lowest BCUT2D eigenvalue weighted by Gasteiger charge is -2.36. The topological polar surface area (TPSA) is 325 Å². The van der Waals surface area contributed by atoms with E-state index in [0.717, 1.165) is 135 Å². The Morgan fingerprint density at radius 3 is 0.984 bits per heavy atom. The van der Waals surface area contributed by atoms with Gasteiger partial charge in [-0.25, -0.2) is 15.0 Å². The predicted molar refractivity (Wildman–Crippen MR) is 513 cm³/mol. The van der Waals surface area contributed by atoms with Gasteiger partial charge in [-0.3, -0.25) is 38.9 Å². The summed E-state index contributed by atoms with van der Waals surface area (Å²) >= 11 is 0. The molecule has 678 valence electrons. The number of esters is 3. The van der Waals surface area contributed by atoms with Gasteiger partial charge in [0.25, 0.3) is 0 Å². The maximum Gasteiger partial charge on any atom is 0.311 e. The number of pyridine rings is 3. The molecule has 129 heavy (non-hydrogen) atoms. The zero-order valence-corrected chi connectivity index (χ0v) is 79.5. The Morgan fingerprint density at radius 1 is 0.411 bits per heavy atom. The van der Waals surface area contributed by atoms with Gasteiger partial charge in [0.2, 0.25) is 0 Å². The smallest absolute Gasteiger partial charge is 0.311 e. The van der Waals surface area contributed by atoms with Gasteiger partial charge < -0.3 is 44.8 Å². The number of rotatable bonds is 31. The number of nitrogens with zero attached hydrogens (tertiary/aromatic N) is 13. The van der Waals surface area contributed by atoms with E-state index in [-0.39, 0.29) is 58.9 Å². The fourth-order valence-electron chi connectivity index (χ4n) is 17.5. The van der Waals surface area contributed by atoms with Crippen LogP contribution in [0.25, 0.3) is 89.9 Å². The molecular weight excluding hydrogens is 1660 g/mol. The molecule has 0 bridgehead atoms. The molecule has 15 rings (SSSR count). The number of benzene rings is 3. The average molecular weight is 1780 g/mol. The molecular formula is C101H125N15O11Si2. The Bertz CT molecular complexity index is 5680. The van der Waals surface area contributed by atoms with E-state index < -0.39 is 32.4 Å². The van der Waals surface area contributed by atoms with Crippen LogP contribution in [-0.2, 0) is 42.8 Å². The molecule has 0 saturated heterocycles. The number of nitrogens with two attached hydrogens (primary N) is 2. The number of ketones is 2. The first-order chi connectivity index (χ1) is 61.8. The van der Waals surface area contributed by atoms with Crippen LogP contribution in [0.3, 0.4) is 0 Å². The normalized spacial score (nSPS) is 18.8. The zero-order chi connectivity index (χ0) is 92.1. The molecule has 28 heteroatoms. The molecule has 9 aromatic heterocycles. The number of Topliss-reactive ketones (excluding diaryl/α,β-unsaturated/α-hetero) is 2. The third-order valence-corrected chi connectivity index (χ3v) is 28.7. The number of anilines is 3. The molecule has 0 radical (unpaired) electrons. The number of carbonyl (C=O) groups excluding carboxylic acids is 5. The summed E-state index contributed by atoms with van der Waals surface area (Å²) in [5.74, 6) is 1.20. The summed E-state index contributed by atoms with van der Waals surface area (Å²) in [4.78, 5) is 95.2. The number of carbonyl (C=O) groups is 5. The third-order valence-electron chi connectivity index (χ3n) is 25.3. The molecule has 3 aromatic carbocycles. The summed E-state index contributed by atoms with van der Waals surface area (Å²) in [7, 11) is -2.66. The highest BCUT2D eigenvalue weighted by atomic mass is 28.3. The first-order valence-electron chi connectivity index (χ1n) is 45.4. The minimum atomic E-state index is -1.33. The lowest BCUT2D eigenvalue weighted by atomic mass is 9.70. The van der Waals surface area contributed by atoms with Crippen molar-refractivity contribution < 1.29 is 52.4 Å². The van der Waals surface area contributed by atoms with E-state index in [1.807, 2.05) is 175 Å². The first kappa shape index (κ1) is 94.6. The van der Waals surface area contributed by atoms with Gasteiger partial charge in [0, 0.05) is 116 Å².